The first kappa shape index (κ1) is 16.8. The van der Waals surface area contributed by atoms with Gasteiger partial charge in [-0.2, -0.15) is 0 Å². The maximum atomic E-state index is 11.7. The van der Waals surface area contributed by atoms with Crippen molar-refractivity contribution >= 4 is 27.6 Å². The molecular formula is C12H15NO7S. The molecule has 0 unspecified atom stereocenters. The summed E-state index contributed by atoms with van der Waals surface area (Å²) in [4.78, 5) is 21.9. The van der Waals surface area contributed by atoms with Gasteiger partial charge in [-0.3, -0.25) is 9.52 Å². The monoisotopic (exact) mass is 317 g/mol. The predicted octanol–water partition coefficient (Wildman–Crippen LogP) is 0.785. The van der Waals surface area contributed by atoms with Crippen LogP contribution in [0.25, 0.3) is 0 Å². The lowest BCUT2D eigenvalue weighted by molar-refractivity contribution is -0.142. The molecule has 0 spiro atoms. The average molecular weight is 317 g/mol. The van der Waals surface area contributed by atoms with Gasteiger partial charge in [0.2, 0.25) is 10.0 Å². The second-order valence-corrected chi connectivity index (χ2v) is 5.85. The zero-order valence-corrected chi connectivity index (χ0v) is 12.0. The number of carbonyl (C=O) groups is 2. The standard InChI is InChI=1S/C12H15NO7S/c1-2-20-11(15)5-6-21(18,19)13-8-3-4-10(14)9(7-8)12(16)17/h3-4,7,13-14H,2,5-6H2,1H3,(H,16,17). The van der Waals surface area contributed by atoms with Crippen molar-refractivity contribution in [1.82, 2.24) is 0 Å². The zero-order chi connectivity index (χ0) is 16.0. The lowest BCUT2D eigenvalue weighted by Crippen LogP contribution is -2.20. The first-order valence-electron chi connectivity index (χ1n) is 5.97. The fourth-order valence-corrected chi connectivity index (χ4v) is 2.48. The normalized spacial score (nSPS) is 10.9. The first-order chi connectivity index (χ1) is 9.75. The average Bonchev–Trinajstić information content (AvgIpc) is 2.39. The van der Waals surface area contributed by atoms with Crippen molar-refractivity contribution in [2.45, 2.75) is 13.3 Å². The number of ether oxygens (including phenoxy) is 1. The van der Waals surface area contributed by atoms with Crippen LogP contribution in [0.4, 0.5) is 5.69 Å². The summed E-state index contributed by atoms with van der Waals surface area (Å²) in [5.41, 5.74) is -0.449. The predicted molar refractivity (Wildman–Crippen MR) is 73.7 cm³/mol. The Labute approximate surface area is 121 Å². The highest BCUT2D eigenvalue weighted by Gasteiger charge is 2.16. The van der Waals surface area contributed by atoms with E-state index in [1.54, 1.807) is 6.92 Å². The molecule has 116 valence electrons. The van der Waals surface area contributed by atoms with Gasteiger partial charge in [0.15, 0.2) is 0 Å². The number of carbonyl (C=O) groups excluding carboxylic acids is 1. The number of rotatable bonds is 7. The fraction of sp³-hybridized carbons (Fsp3) is 0.333. The van der Waals surface area contributed by atoms with E-state index in [0.29, 0.717) is 0 Å². The summed E-state index contributed by atoms with van der Waals surface area (Å²) < 4.78 is 30.2. The number of hydrogen-bond donors (Lipinski definition) is 3. The van der Waals surface area contributed by atoms with E-state index < -0.39 is 39.0 Å². The molecular weight excluding hydrogens is 302 g/mol. The Morgan fingerprint density at radius 1 is 1.33 bits per heavy atom. The Balaban J connectivity index is 2.78. The molecule has 0 heterocycles. The molecule has 0 aliphatic rings. The molecule has 1 aromatic rings. The SMILES string of the molecule is CCOC(=O)CCS(=O)(=O)Nc1ccc(O)c(C(=O)O)c1. The van der Waals surface area contributed by atoms with Crippen molar-refractivity contribution in [3.8, 4) is 5.75 Å². The third-order valence-electron chi connectivity index (χ3n) is 2.38. The van der Waals surface area contributed by atoms with Crippen LogP contribution >= 0.6 is 0 Å². The molecule has 8 nitrogen and oxygen atoms in total. The van der Waals surface area contributed by atoms with E-state index in [0.717, 1.165) is 12.1 Å². The molecule has 9 heteroatoms. The van der Waals surface area contributed by atoms with Crippen LogP contribution in [0.1, 0.15) is 23.7 Å². The summed E-state index contributed by atoms with van der Waals surface area (Å²) in [5, 5.41) is 18.1. The molecule has 0 amide bonds. The molecule has 0 aliphatic carbocycles. The summed E-state index contributed by atoms with van der Waals surface area (Å²) in [6.45, 7) is 1.76. The smallest absolute Gasteiger partial charge is 0.339 e. The number of esters is 1. The Morgan fingerprint density at radius 2 is 2.00 bits per heavy atom. The molecule has 0 bridgehead atoms. The molecule has 0 atom stereocenters. The van der Waals surface area contributed by atoms with Crippen molar-refractivity contribution in [2.75, 3.05) is 17.1 Å². The Morgan fingerprint density at radius 3 is 2.57 bits per heavy atom. The van der Waals surface area contributed by atoms with Gasteiger partial charge in [0.1, 0.15) is 11.3 Å². The number of anilines is 1. The molecule has 0 fully saturated rings. The second kappa shape index (κ2) is 6.93. The van der Waals surface area contributed by atoms with Gasteiger partial charge in [0.25, 0.3) is 0 Å². The van der Waals surface area contributed by atoms with E-state index in [-0.39, 0.29) is 18.7 Å². The van der Waals surface area contributed by atoms with Gasteiger partial charge in [-0.25, -0.2) is 13.2 Å². The minimum atomic E-state index is -3.83. The van der Waals surface area contributed by atoms with E-state index >= 15 is 0 Å². The topological polar surface area (TPSA) is 130 Å². The van der Waals surface area contributed by atoms with Crippen LogP contribution in [0, 0.1) is 0 Å². The van der Waals surface area contributed by atoms with Gasteiger partial charge >= 0.3 is 11.9 Å². The van der Waals surface area contributed by atoms with Crippen LogP contribution in [0.3, 0.4) is 0 Å². The molecule has 0 saturated heterocycles. The lowest BCUT2D eigenvalue weighted by Gasteiger charge is -2.09. The number of carboxylic acid groups (broad SMARTS) is 1. The van der Waals surface area contributed by atoms with Crippen LogP contribution in [-0.4, -0.2) is 42.9 Å². The minimum absolute atomic E-state index is 0.0194. The van der Waals surface area contributed by atoms with Crippen LogP contribution in [0.15, 0.2) is 18.2 Å². The molecule has 0 radical (unpaired) electrons. The van der Waals surface area contributed by atoms with E-state index in [9.17, 15) is 23.1 Å². The Bertz CT molecular complexity index is 639. The Hall–Kier alpha value is -2.29. The largest absolute Gasteiger partial charge is 0.507 e. The summed E-state index contributed by atoms with van der Waals surface area (Å²) in [7, 11) is -3.83. The lowest BCUT2D eigenvalue weighted by atomic mass is 10.2. The highest BCUT2D eigenvalue weighted by Crippen LogP contribution is 2.22. The van der Waals surface area contributed by atoms with Gasteiger partial charge < -0.3 is 14.9 Å². The molecule has 3 N–H and O–H groups in total. The number of aromatic carboxylic acids is 1. The number of sulfonamides is 1. The fourth-order valence-electron chi connectivity index (χ4n) is 1.45. The number of hydrogen-bond acceptors (Lipinski definition) is 6. The van der Waals surface area contributed by atoms with Gasteiger partial charge in [0.05, 0.1) is 18.8 Å². The van der Waals surface area contributed by atoms with Gasteiger partial charge in [-0.15, -0.1) is 0 Å². The minimum Gasteiger partial charge on any atom is -0.507 e. The molecule has 0 saturated carbocycles. The van der Waals surface area contributed by atoms with E-state index in [1.807, 2.05) is 0 Å². The van der Waals surface area contributed by atoms with Crippen LogP contribution in [0.2, 0.25) is 0 Å². The zero-order valence-electron chi connectivity index (χ0n) is 11.2. The summed E-state index contributed by atoms with van der Waals surface area (Å²) >= 11 is 0. The number of nitrogens with one attached hydrogen (secondary N) is 1. The van der Waals surface area contributed by atoms with E-state index in [1.165, 1.54) is 6.07 Å². The van der Waals surface area contributed by atoms with Crippen molar-refractivity contribution in [2.24, 2.45) is 0 Å². The number of aromatic hydroxyl groups is 1. The maximum Gasteiger partial charge on any atom is 0.339 e. The maximum absolute atomic E-state index is 11.7. The highest BCUT2D eigenvalue weighted by molar-refractivity contribution is 7.92. The highest BCUT2D eigenvalue weighted by atomic mass is 32.2. The Kier molecular flexibility index (Phi) is 5.53. The number of phenols is 1. The summed E-state index contributed by atoms with van der Waals surface area (Å²) in [6, 6.07) is 3.26. The summed E-state index contributed by atoms with van der Waals surface area (Å²) in [5.74, 6) is -2.99. The van der Waals surface area contributed by atoms with E-state index in [2.05, 4.69) is 9.46 Å². The van der Waals surface area contributed by atoms with Gasteiger partial charge in [-0.05, 0) is 25.1 Å². The number of carboxylic acids is 1. The third-order valence-corrected chi connectivity index (χ3v) is 3.67. The third kappa shape index (κ3) is 5.30. The van der Waals surface area contributed by atoms with Crippen LogP contribution < -0.4 is 4.72 Å². The number of benzene rings is 1. The van der Waals surface area contributed by atoms with Gasteiger partial charge in [0, 0.05) is 5.69 Å². The van der Waals surface area contributed by atoms with Crippen molar-refractivity contribution < 1.29 is 33.0 Å². The molecule has 0 aliphatic heterocycles. The van der Waals surface area contributed by atoms with Crippen LogP contribution in [-0.2, 0) is 19.6 Å². The van der Waals surface area contributed by atoms with Crippen molar-refractivity contribution in [3.05, 3.63) is 23.8 Å². The summed E-state index contributed by atoms with van der Waals surface area (Å²) in [6.07, 6.45) is -0.312. The molecule has 1 aromatic carbocycles. The molecule has 1 rings (SSSR count). The molecule has 21 heavy (non-hydrogen) atoms. The van der Waals surface area contributed by atoms with E-state index in [4.69, 9.17) is 5.11 Å². The first-order valence-corrected chi connectivity index (χ1v) is 7.63. The van der Waals surface area contributed by atoms with Crippen molar-refractivity contribution in [3.63, 3.8) is 0 Å². The molecule has 0 aromatic heterocycles. The van der Waals surface area contributed by atoms with Crippen LogP contribution in [0.5, 0.6) is 5.75 Å². The second-order valence-electron chi connectivity index (χ2n) is 4.01. The van der Waals surface area contributed by atoms with Crippen molar-refractivity contribution in [1.29, 1.82) is 0 Å². The quantitative estimate of drug-likeness (QED) is 0.500. The van der Waals surface area contributed by atoms with Gasteiger partial charge in [-0.1, -0.05) is 0 Å².